The fraction of sp³-hybridized carbons (Fsp3) is 1.00. The highest BCUT2D eigenvalue weighted by Crippen LogP contribution is 1.99. The molecule has 0 aromatic carbocycles. The van der Waals surface area contributed by atoms with Crippen LogP contribution in [0.5, 0.6) is 0 Å². The first kappa shape index (κ1) is 8.21. The molecular formula is C5H12ClNO. The molecule has 0 spiro atoms. The number of rotatable bonds is 3. The van der Waals surface area contributed by atoms with Crippen molar-refractivity contribution in [1.82, 2.24) is 5.32 Å². The van der Waals surface area contributed by atoms with Gasteiger partial charge in [0, 0.05) is 7.11 Å². The smallest absolute Gasteiger partial charge is 0.123 e. The molecule has 0 aromatic rings. The van der Waals surface area contributed by atoms with Crippen LogP contribution in [0, 0.1) is 0 Å². The summed E-state index contributed by atoms with van der Waals surface area (Å²) in [5.74, 6) is 0. The number of nitrogens with one attached hydrogen (secondary N) is 1. The molecule has 0 rings (SSSR count). The first-order valence-electron chi connectivity index (χ1n) is 2.56. The van der Waals surface area contributed by atoms with Crippen molar-refractivity contribution in [3.05, 3.63) is 0 Å². The van der Waals surface area contributed by atoms with Crippen molar-refractivity contribution in [2.45, 2.75) is 18.5 Å². The summed E-state index contributed by atoms with van der Waals surface area (Å²) < 4.78 is 4.92. The van der Waals surface area contributed by atoms with Crippen LogP contribution < -0.4 is 5.32 Å². The molecule has 0 aliphatic heterocycles. The molecule has 0 bridgehead atoms. The molecule has 0 saturated heterocycles. The minimum atomic E-state index is -0.0309. The summed E-state index contributed by atoms with van der Waals surface area (Å²) in [6, 6.07) is 0. The molecule has 1 N–H and O–H groups in total. The Labute approximate surface area is 55.2 Å². The van der Waals surface area contributed by atoms with Gasteiger partial charge in [-0.15, -0.1) is 11.6 Å². The number of ether oxygens (including phenoxy) is 1. The van der Waals surface area contributed by atoms with Crippen LogP contribution in [0.4, 0.5) is 0 Å². The molecule has 0 saturated carbocycles. The van der Waals surface area contributed by atoms with Crippen LogP contribution in [0.2, 0.25) is 0 Å². The zero-order chi connectivity index (χ0) is 6.57. The largest absolute Gasteiger partial charge is 0.365 e. The molecule has 0 amide bonds. The number of alkyl halides is 1. The van der Waals surface area contributed by atoms with Gasteiger partial charge in [-0.05, 0) is 14.0 Å². The van der Waals surface area contributed by atoms with E-state index in [0.29, 0.717) is 0 Å². The third-order valence-corrected chi connectivity index (χ3v) is 1.18. The highest BCUT2D eigenvalue weighted by atomic mass is 35.5. The fourth-order valence-electron chi connectivity index (χ4n) is 0.535. The molecule has 0 aliphatic carbocycles. The second-order valence-corrected chi connectivity index (χ2v) is 2.31. The molecule has 3 heteroatoms. The van der Waals surface area contributed by atoms with Crippen LogP contribution in [0.15, 0.2) is 0 Å². The Morgan fingerprint density at radius 2 is 2.12 bits per heavy atom. The van der Waals surface area contributed by atoms with E-state index in [4.69, 9.17) is 16.3 Å². The van der Waals surface area contributed by atoms with Gasteiger partial charge >= 0.3 is 0 Å². The summed E-state index contributed by atoms with van der Waals surface area (Å²) in [7, 11) is 3.44. The Kier molecular flexibility index (Phi) is 4.23. The summed E-state index contributed by atoms with van der Waals surface area (Å²) in [6.07, 6.45) is -0.0309. The van der Waals surface area contributed by atoms with Crippen LogP contribution in [-0.4, -0.2) is 25.8 Å². The Balaban J connectivity index is 3.35. The van der Waals surface area contributed by atoms with Crippen LogP contribution in [-0.2, 0) is 4.74 Å². The molecule has 0 aromatic heterocycles. The standard InChI is InChI=1S/C5H12ClNO/c1-4(6)5(7-2)8-3/h4-5,7H,1-3H3/t4-,5?/m1/s1. The Bertz CT molecular complexity index is 54.4. The van der Waals surface area contributed by atoms with Crippen molar-refractivity contribution in [3.63, 3.8) is 0 Å². The molecule has 0 heterocycles. The van der Waals surface area contributed by atoms with E-state index < -0.39 is 0 Å². The van der Waals surface area contributed by atoms with E-state index >= 15 is 0 Å². The minimum Gasteiger partial charge on any atom is -0.365 e. The molecule has 8 heavy (non-hydrogen) atoms. The van der Waals surface area contributed by atoms with Gasteiger partial charge in [0.2, 0.25) is 0 Å². The predicted octanol–water partition coefficient (Wildman–Crippen LogP) is 0.806. The quantitative estimate of drug-likeness (QED) is 0.459. The van der Waals surface area contributed by atoms with E-state index in [9.17, 15) is 0 Å². The number of halogens is 1. The average Bonchev–Trinajstić information content (AvgIpc) is 1.69. The fourth-order valence-corrected chi connectivity index (χ4v) is 0.764. The summed E-state index contributed by atoms with van der Waals surface area (Å²) >= 11 is 5.66. The summed E-state index contributed by atoms with van der Waals surface area (Å²) in [5.41, 5.74) is 0. The molecule has 1 unspecified atom stereocenters. The second kappa shape index (κ2) is 4.13. The van der Waals surface area contributed by atoms with E-state index in [0.717, 1.165) is 0 Å². The van der Waals surface area contributed by atoms with Gasteiger partial charge in [-0.3, -0.25) is 5.32 Å². The highest BCUT2D eigenvalue weighted by Gasteiger charge is 2.08. The summed E-state index contributed by atoms with van der Waals surface area (Å²) in [5, 5.41) is 2.92. The Hall–Kier alpha value is 0.210. The maximum atomic E-state index is 5.66. The maximum absolute atomic E-state index is 5.66. The molecule has 0 radical (unpaired) electrons. The average molecular weight is 138 g/mol. The third-order valence-electron chi connectivity index (χ3n) is 0.956. The zero-order valence-corrected chi connectivity index (χ0v) is 6.20. The first-order valence-corrected chi connectivity index (χ1v) is 3.00. The van der Waals surface area contributed by atoms with Gasteiger partial charge in [0.25, 0.3) is 0 Å². The Morgan fingerprint density at radius 3 is 2.12 bits per heavy atom. The van der Waals surface area contributed by atoms with E-state index in [-0.39, 0.29) is 11.6 Å². The van der Waals surface area contributed by atoms with Crippen LogP contribution in [0.25, 0.3) is 0 Å². The molecular weight excluding hydrogens is 126 g/mol. The minimum absolute atomic E-state index is 0.0185. The van der Waals surface area contributed by atoms with Crippen molar-refractivity contribution >= 4 is 11.6 Å². The van der Waals surface area contributed by atoms with Crippen LogP contribution in [0.1, 0.15) is 6.92 Å². The van der Waals surface area contributed by atoms with Gasteiger partial charge in [0.05, 0.1) is 5.38 Å². The zero-order valence-electron chi connectivity index (χ0n) is 5.44. The molecule has 0 fully saturated rings. The van der Waals surface area contributed by atoms with E-state index in [1.54, 1.807) is 7.11 Å². The van der Waals surface area contributed by atoms with Crippen molar-refractivity contribution in [2.24, 2.45) is 0 Å². The SMILES string of the molecule is CNC(OC)[C@@H](C)Cl. The van der Waals surface area contributed by atoms with Gasteiger partial charge in [-0.25, -0.2) is 0 Å². The summed E-state index contributed by atoms with van der Waals surface area (Å²) in [4.78, 5) is 0. The second-order valence-electron chi connectivity index (χ2n) is 1.62. The number of methoxy groups -OCH3 is 1. The summed E-state index contributed by atoms with van der Waals surface area (Å²) in [6.45, 7) is 1.88. The lowest BCUT2D eigenvalue weighted by Gasteiger charge is -2.15. The van der Waals surface area contributed by atoms with Crippen molar-refractivity contribution in [3.8, 4) is 0 Å². The topological polar surface area (TPSA) is 21.3 Å². The normalized spacial score (nSPS) is 18.0. The van der Waals surface area contributed by atoms with E-state index in [1.165, 1.54) is 0 Å². The highest BCUT2D eigenvalue weighted by molar-refractivity contribution is 6.20. The van der Waals surface area contributed by atoms with Gasteiger partial charge in [0.15, 0.2) is 0 Å². The monoisotopic (exact) mass is 137 g/mol. The van der Waals surface area contributed by atoms with E-state index in [1.807, 2.05) is 14.0 Å². The Morgan fingerprint density at radius 1 is 1.62 bits per heavy atom. The van der Waals surface area contributed by atoms with Crippen LogP contribution in [0.3, 0.4) is 0 Å². The van der Waals surface area contributed by atoms with Gasteiger partial charge in [-0.2, -0.15) is 0 Å². The van der Waals surface area contributed by atoms with Crippen molar-refractivity contribution in [1.29, 1.82) is 0 Å². The van der Waals surface area contributed by atoms with Gasteiger partial charge in [-0.1, -0.05) is 0 Å². The molecule has 0 aliphatic rings. The van der Waals surface area contributed by atoms with E-state index in [2.05, 4.69) is 5.32 Å². The first-order chi connectivity index (χ1) is 3.72. The van der Waals surface area contributed by atoms with Gasteiger partial charge < -0.3 is 4.74 Å². The molecule has 2 atom stereocenters. The lowest BCUT2D eigenvalue weighted by molar-refractivity contribution is 0.0808. The van der Waals surface area contributed by atoms with Crippen molar-refractivity contribution in [2.75, 3.05) is 14.2 Å². The third kappa shape index (κ3) is 2.50. The molecule has 2 nitrogen and oxygen atoms in total. The maximum Gasteiger partial charge on any atom is 0.123 e. The number of hydrogen-bond donors (Lipinski definition) is 1. The lowest BCUT2D eigenvalue weighted by Crippen LogP contribution is -2.34. The lowest BCUT2D eigenvalue weighted by atomic mass is 10.4. The van der Waals surface area contributed by atoms with Crippen molar-refractivity contribution < 1.29 is 4.74 Å². The number of hydrogen-bond acceptors (Lipinski definition) is 2. The van der Waals surface area contributed by atoms with Crippen LogP contribution >= 0.6 is 11.6 Å². The predicted molar refractivity (Wildman–Crippen MR) is 35.2 cm³/mol. The van der Waals surface area contributed by atoms with Gasteiger partial charge in [0.1, 0.15) is 6.23 Å². The molecule has 50 valence electrons.